The molecule has 1 fully saturated rings. The Morgan fingerprint density at radius 1 is 1.12 bits per heavy atom. The molecule has 0 spiro atoms. The zero-order valence-electron chi connectivity index (χ0n) is 19.5. The Kier molecular flexibility index (Phi) is 6.37. The summed E-state index contributed by atoms with van der Waals surface area (Å²) in [4.78, 5) is 29.4. The Hall–Kier alpha value is -3.57. The zero-order chi connectivity index (χ0) is 23.5. The zero-order valence-corrected chi connectivity index (χ0v) is 19.5. The molecule has 0 aliphatic carbocycles. The van der Waals surface area contributed by atoms with Crippen LogP contribution in [0.4, 0.5) is 29.2 Å². The SMILES string of the molecule is COCCN(C)c1cc(N2CCc3c(-c4cnc(N)nc4)nc(N4CCOCC4)nc32)ccn1. The van der Waals surface area contributed by atoms with Crippen LogP contribution in [0.5, 0.6) is 0 Å². The Morgan fingerprint density at radius 2 is 1.91 bits per heavy atom. The second kappa shape index (κ2) is 9.74. The van der Waals surface area contributed by atoms with Gasteiger partial charge in [-0.2, -0.15) is 4.98 Å². The Labute approximate surface area is 198 Å². The summed E-state index contributed by atoms with van der Waals surface area (Å²) in [7, 11) is 3.72. The summed E-state index contributed by atoms with van der Waals surface area (Å²) in [6.45, 7) is 5.01. The van der Waals surface area contributed by atoms with Gasteiger partial charge >= 0.3 is 0 Å². The van der Waals surface area contributed by atoms with Crippen molar-refractivity contribution >= 4 is 29.2 Å². The summed E-state index contributed by atoms with van der Waals surface area (Å²) >= 11 is 0. The van der Waals surface area contributed by atoms with Crippen LogP contribution in [0.2, 0.25) is 0 Å². The van der Waals surface area contributed by atoms with Crippen LogP contribution in [-0.4, -0.2) is 85.1 Å². The standard InChI is InChI=1S/C23H29N9O2/c1-30(7-10-33-2)19-13-17(3-5-25-19)32-6-4-18-20(16-14-26-22(24)27-15-16)28-23(29-21(18)32)31-8-11-34-12-9-31/h3,5,13-15H,4,6-12H2,1-2H3,(H2,24,26,27). The van der Waals surface area contributed by atoms with Crippen LogP contribution < -0.4 is 20.4 Å². The van der Waals surface area contributed by atoms with Gasteiger partial charge in [-0.3, -0.25) is 0 Å². The maximum atomic E-state index is 5.73. The highest BCUT2D eigenvalue weighted by molar-refractivity contribution is 5.77. The molecule has 0 bridgehead atoms. The van der Waals surface area contributed by atoms with E-state index in [-0.39, 0.29) is 5.95 Å². The summed E-state index contributed by atoms with van der Waals surface area (Å²) in [5.41, 5.74) is 9.53. The quantitative estimate of drug-likeness (QED) is 0.549. The Balaban J connectivity index is 1.55. The van der Waals surface area contributed by atoms with Gasteiger partial charge in [0, 0.05) is 81.8 Å². The molecule has 2 N–H and O–H groups in total. The van der Waals surface area contributed by atoms with E-state index < -0.39 is 0 Å². The van der Waals surface area contributed by atoms with Crippen molar-refractivity contribution in [2.45, 2.75) is 6.42 Å². The lowest BCUT2D eigenvalue weighted by atomic mass is 10.1. The van der Waals surface area contributed by atoms with Gasteiger partial charge in [0.15, 0.2) is 0 Å². The number of anilines is 5. The number of morpholine rings is 1. The molecule has 5 rings (SSSR count). The number of fused-ring (bicyclic) bond motifs is 1. The first-order chi connectivity index (χ1) is 16.6. The molecule has 0 amide bonds. The minimum atomic E-state index is 0.242. The first-order valence-electron chi connectivity index (χ1n) is 11.4. The van der Waals surface area contributed by atoms with Gasteiger partial charge < -0.3 is 29.9 Å². The second-order valence-electron chi connectivity index (χ2n) is 8.29. The van der Waals surface area contributed by atoms with Crippen LogP contribution in [0.25, 0.3) is 11.3 Å². The highest BCUT2D eigenvalue weighted by Crippen LogP contribution is 2.39. The maximum absolute atomic E-state index is 5.73. The molecule has 0 unspecified atom stereocenters. The number of aromatic nitrogens is 5. The number of likely N-dealkylation sites (N-methyl/N-ethyl adjacent to an activating group) is 1. The van der Waals surface area contributed by atoms with Crippen LogP contribution >= 0.6 is 0 Å². The maximum Gasteiger partial charge on any atom is 0.228 e. The number of rotatable bonds is 7. The van der Waals surface area contributed by atoms with E-state index >= 15 is 0 Å². The fourth-order valence-corrected chi connectivity index (χ4v) is 4.23. The van der Waals surface area contributed by atoms with Crippen molar-refractivity contribution in [2.24, 2.45) is 0 Å². The third kappa shape index (κ3) is 4.44. The van der Waals surface area contributed by atoms with E-state index in [4.69, 9.17) is 25.2 Å². The smallest absolute Gasteiger partial charge is 0.228 e. The van der Waals surface area contributed by atoms with Crippen molar-refractivity contribution in [3.8, 4) is 11.3 Å². The topological polar surface area (TPSA) is 119 Å². The second-order valence-corrected chi connectivity index (χ2v) is 8.29. The average molecular weight is 464 g/mol. The predicted octanol–water partition coefficient (Wildman–Crippen LogP) is 1.52. The number of nitrogens with two attached hydrogens (primary N) is 1. The molecule has 2 aliphatic rings. The van der Waals surface area contributed by atoms with E-state index in [1.165, 1.54) is 0 Å². The van der Waals surface area contributed by atoms with Crippen molar-refractivity contribution in [2.75, 3.05) is 80.6 Å². The number of methoxy groups -OCH3 is 1. The third-order valence-electron chi connectivity index (χ3n) is 6.12. The van der Waals surface area contributed by atoms with Gasteiger partial charge in [0.2, 0.25) is 11.9 Å². The molecule has 0 saturated carbocycles. The van der Waals surface area contributed by atoms with E-state index in [1.54, 1.807) is 19.5 Å². The summed E-state index contributed by atoms with van der Waals surface area (Å²) in [5.74, 6) is 2.72. The molecule has 2 aliphatic heterocycles. The van der Waals surface area contributed by atoms with Crippen molar-refractivity contribution < 1.29 is 9.47 Å². The molecule has 3 aromatic rings. The largest absolute Gasteiger partial charge is 0.383 e. The number of ether oxygens (including phenoxy) is 2. The summed E-state index contributed by atoms with van der Waals surface area (Å²) in [6, 6.07) is 4.11. The Bertz CT molecular complexity index is 1140. The fourth-order valence-electron chi connectivity index (χ4n) is 4.23. The van der Waals surface area contributed by atoms with Gasteiger partial charge in [0.25, 0.3) is 0 Å². The van der Waals surface area contributed by atoms with Gasteiger partial charge in [-0.15, -0.1) is 0 Å². The Morgan fingerprint density at radius 3 is 2.68 bits per heavy atom. The normalized spacial score (nSPS) is 15.5. The van der Waals surface area contributed by atoms with E-state index in [1.807, 2.05) is 19.3 Å². The van der Waals surface area contributed by atoms with Gasteiger partial charge in [0.1, 0.15) is 11.6 Å². The van der Waals surface area contributed by atoms with Gasteiger partial charge in [0.05, 0.1) is 25.5 Å². The van der Waals surface area contributed by atoms with Crippen LogP contribution in [0, 0.1) is 0 Å². The van der Waals surface area contributed by atoms with E-state index in [0.29, 0.717) is 25.8 Å². The van der Waals surface area contributed by atoms with Crippen LogP contribution in [0.1, 0.15) is 5.56 Å². The summed E-state index contributed by atoms with van der Waals surface area (Å²) < 4.78 is 10.7. The minimum absolute atomic E-state index is 0.242. The van der Waals surface area contributed by atoms with Crippen molar-refractivity contribution in [3.63, 3.8) is 0 Å². The molecule has 5 heterocycles. The highest BCUT2D eigenvalue weighted by Gasteiger charge is 2.29. The number of hydrogen-bond acceptors (Lipinski definition) is 11. The molecule has 3 aromatic heterocycles. The number of pyridine rings is 1. The van der Waals surface area contributed by atoms with Crippen molar-refractivity contribution in [1.29, 1.82) is 0 Å². The van der Waals surface area contributed by atoms with Gasteiger partial charge in [-0.1, -0.05) is 0 Å². The molecule has 0 aromatic carbocycles. The molecule has 1 saturated heterocycles. The highest BCUT2D eigenvalue weighted by atomic mass is 16.5. The van der Waals surface area contributed by atoms with E-state index in [0.717, 1.165) is 66.7 Å². The molecule has 11 nitrogen and oxygen atoms in total. The number of hydrogen-bond donors (Lipinski definition) is 1. The third-order valence-corrected chi connectivity index (χ3v) is 6.12. The van der Waals surface area contributed by atoms with Gasteiger partial charge in [-0.05, 0) is 12.5 Å². The summed E-state index contributed by atoms with van der Waals surface area (Å²) in [5, 5.41) is 0. The lowest BCUT2D eigenvalue weighted by Crippen LogP contribution is -2.37. The van der Waals surface area contributed by atoms with Crippen LogP contribution in [0.3, 0.4) is 0 Å². The molecular weight excluding hydrogens is 434 g/mol. The van der Waals surface area contributed by atoms with Crippen molar-refractivity contribution in [1.82, 2.24) is 24.9 Å². The van der Waals surface area contributed by atoms with Crippen LogP contribution in [0.15, 0.2) is 30.7 Å². The van der Waals surface area contributed by atoms with Gasteiger partial charge in [-0.25, -0.2) is 19.9 Å². The van der Waals surface area contributed by atoms with Crippen molar-refractivity contribution in [3.05, 3.63) is 36.3 Å². The predicted molar refractivity (Wildman–Crippen MR) is 131 cm³/mol. The van der Waals surface area contributed by atoms with E-state index in [2.05, 4.69) is 35.7 Å². The lowest BCUT2D eigenvalue weighted by Gasteiger charge is -2.28. The minimum Gasteiger partial charge on any atom is -0.383 e. The molecule has 0 radical (unpaired) electrons. The monoisotopic (exact) mass is 463 g/mol. The average Bonchev–Trinajstić information content (AvgIpc) is 3.32. The first kappa shape index (κ1) is 22.2. The number of nitrogen functional groups attached to an aromatic ring is 1. The molecule has 34 heavy (non-hydrogen) atoms. The van der Waals surface area contributed by atoms with E-state index in [9.17, 15) is 0 Å². The van der Waals surface area contributed by atoms with Crippen LogP contribution in [-0.2, 0) is 15.9 Å². The lowest BCUT2D eigenvalue weighted by molar-refractivity contribution is 0.122. The number of nitrogens with zero attached hydrogens (tertiary/aromatic N) is 8. The molecule has 0 atom stereocenters. The molecule has 178 valence electrons. The summed E-state index contributed by atoms with van der Waals surface area (Å²) in [6.07, 6.45) is 6.11. The first-order valence-corrected chi connectivity index (χ1v) is 11.4. The fraction of sp³-hybridized carbons (Fsp3) is 0.435. The molecule has 11 heteroatoms. The molecular formula is C23H29N9O2.